The number of hydrogen-bond acceptors (Lipinski definition) is 7. The largest absolute Gasteiger partial charge is 0.489 e. The number of carbonyl (C=O) groups is 1. The van der Waals surface area contributed by atoms with Crippen LogP contribution in [0.5, 0.6) is 5.75 Å². The van der Waals surface area contributed by atoms with Crippen LogP contribution in [-0.4, -0.2) is 37.4 Å². The van der Waals surface area contributed by atoms with Crippen molar-refractivity contribution in [3.63, 3.8) is 0 Å². The van der Waals surface area contributed by atoms with Gasteiger partial charge in [0.25, 0.3) is 5.69 Å². The Bertz CT molecular complexity index is 821. The summed E-state index contributed by atoms with van der Waals surface area (Å²) < 4.78 is 10.6. The number of nitro groups is 1. The van der Waals surface area contributed by atoms with Crippen molar-refractivity contribution in [2.75, 3.05) is 20.8 Å². The molecule has 1 aliphatic carbocycles. The van der Waals surface area contributed by atoms with Gasteiger partial charge >= 0.3 is 5.97 Å². The lowest BCUT2D eigenvalue weighted by molar-refractivity contribution is -0.384. The molecule has 0 bridgehead atoms. The van der Waals surface area contributed by atoms with Gasteiger partial charge in [0.05, 0.1) is 12.0 Å². The molecular formula is C19H22N2O6. The number of nitro benzene ring substituents is 1. The third-order valence-electron chi connectivity index (χ3n) is 4.38. The molecule has 0 spiro atoms. The van der Waals surface area contributed by atoms with E-state index in [-0.39, 0.29) is 18.0 Å². The molecule has 0 aliphatic heterocycles. The molecule has 0 N–H and O–H groups in total. The molecule has 0 saturated carbocycles. The maximum Gasteiger partial charge on any atom is 0.360 e. The maximum absolute atomic E-state index is 12.1. The Kier molecular flexibility index (Phi) is 6.70. The van der Waals surface area contributed by atoms with E-state index in [1.165, 1.54) is 31.9 Å². The zero-order chi connectivity index (χ0) is 20.0. The number of nitrogens with zero attached hydrogens (tertiary/aromatic N) is 2. The predicted octanol–water partition coefficient (Wildman–Crippen LogP) is 3.58. The van der Waals surface area contributed by atoms with E-state index in [0.29, 0.717) is 24.2 Å². The molecule has 0 unspecified atom stereocenters. The van der Waals surface area contributed by atoms with Crippen LogP contribution in [0.3, 0.4) is 0 Å². The molecule has 0 heterocycles. The minimum Gasteiger partial charge on any atom is -0.489 e. The fourth-order valence-corrected chi connectivity index (χ4v) is 2.75. The van der Waals surface area contributed by atoms with Crippen molar-refractivity contribution in [2.45, 2.75) is 26.7 Å². The number of esters is 1. The highest BCUT2D eigenvalue weighted by atomic mass is 16.6. The van der Waals surface area contributed by atoms with Crippen molar-refractivity contribution in [3.8, 4) is 5.75 Å². The fourth-order valence-electron chi connectivity index (χ4n) is 2.75. The smallest absolute Gasteiger partial charge is 0.360 e. The van der Waals surface area contributed by atoms with Gasteiger partial charge in [-0.05, 0) is 50.0 Å². The lowest BCUT2D eigenvalue weighted by atomic mass is 9.85. The summed E-state index contributed by atoms with van der Waals surface area (Å²) in [6.45, 7) is 4.26. The number of ether oxygens (including phenoxy) is 2. The average molecular weight is 374 g/mol. The van der Waals surface area contributed by atoms with Gasteiger partial charge in [0.2, 0.25) is 0 Å². The summed E-state index contributed by atoms with van der Waals surface area (Å²) in [6, 6.07) is 5.85. The summed E-state index contributed by atoms with van der Waals surface area (Å²) in [4.78, 5) is 27.2. The molecule has 8 nitrogen and oxygen atoms in total. The van der Waals surface area contributed by atoms with Gasteiger partial charge in [-0.2, -0.15) is 0 Å². The van der Waals surface area contributed by atoms with Crippen LogP contribution < -0.4 is 4.74 Å². The summed E-state index contributed by atoms with van der Waals surface area (Å²) in [5.41, 5.74) is 4.06. The van der Waals surface area contributed by atoms with E-state index in [0.717, 1.165) is 11.1 Å². The monoisotopic (exact) mass is 374 g/mol. The standard InChI is InChI=1S/C19H22N2O6/c1-12-9-14(11-27-16-7-5-15(6-8-16)21(23)24)17(10-13(12)2)18(20-26-4)19(22)25-3/h5-8H,9-11H2,1-4H3/b20-18-. The molecule has 1 aromatic rings. The first-order chi connectivity index (χ1) is 12.9. The molecule has 0 fully saturated rings. The van der Waals surface area contributed by atoms with Gasteiger partial charge in [-0.3, -0.25) is 10.1 Å². The fraction of sp³-hybridized carbons (Fsp3) is 0.368. The van der Waals surface area contributed by atoms with Gasteiger partial charge in [0, 0.05) is 12.1 Å². The van der Waals surface area contributed by atoms with E-state index < -0.39 is 10.9 Å². The zero-order valence-corrected chi connectivity index (χ0v) is 15.8. The van der Waals surface area contributed by atoms with Crippen molar-refractivity contribution in [1.29, 1.82) is 0 Å². The zero-order valence-electron chi connectivity index (χ0n) is 15.8. The third-order valence-corrected chi connectivity index (χ3v) is 4.38. The topological polar surface area (TPSA) is 100 Å². The van der Waals surface area contributed by atoms with Crippen molar-refractivity contribution < 1.29 is 24.0 Å². The molecule has 0 radical (unpaired) electrons. The Morgan fingerprint density at radius 3 is 2.33 bits per heavy atom. The Morgan fingerprint density at radius 1 is 1.15 bits per heavy atom. The van der Waals surface area contributed by atoms with Gasteiger partial charge < -0.3 is 14.3 Å². The van der Waals surface area contributed by atoms with Crippen molar-refractivity contribution in [1.82, 2.24) is 0 Å². The van der Waals surface area contributed by atoms with Crippen LogP contribution in [0, 0.1) is 10.1 Å². The molecule has 1 aromatic carbocycles. The number of allylic oxidation sites excluding steroid dienone is 2. The third kappa shape index (κ3) is 4.93. The summed E-state index contributed by atoms with van der Waals surface area (Å²) in [5.74, 6) is -0.0771. The number of methoxy groups -OCH3 is 1. The first kappa shape index (κ1) is 20.2. The van der Waals surface area contributed by atoms with E-state index >= 15 is 0 Å². The van der Waals surface area contributed by atoms with Crippen LogP contribution >= 0.6 is 0 Å². The van der Waals surface area contributed by atoms with Crippen LogP contribution in [0.15, 0.2) is 51.7 Å². The molecule has 0 amide bonds. The Morgan fingerprint density at radius 2 is 1.78 bits per heavy atom. The van der Waals surface area contributed by atoms with E-state index in [1.807, 2.05) is 13.8 Å². The van der Waals surface area contributed by atoms with Gasteiger partial charge in [0.1, 0.15) is 19.5 Å². The van der Waals surface area contributed by atoms with Gasteiger partial charge in [0.15, 0.2) is 5.71 Å². The minimum absolute atomic E-state index is 0.00507. The summed E-state index contributed by atoms with van der Waals surface area (Å²) in [5, 5.41) is 14.6. The molecule has 2 rings (SSSR count). The number of rotatable bonds is 7. The summed E-state index contributed by atoms with van der Waals surface area (Å²) >= 11 is 0. The van der Waals surface area contributed by atoms with Gasteiger partial charge in [-0.15, -0.1) is 0 Å². The SMILES string of the molecule is CO/N=C(\C(=O)OC)C1=C(COc2ccc([N+](=O)[O-])cc2)CC(C)=C(C)C1. The Hall–Kier alpha value is -3.16. The molecule has 0 atom stereocenters. The number of oxime groups is 1. The van der Waals surface area contributed by atoms with E-state index in [1.54, 1.807) is 12.1 Å². The van der Waals surface area contributed by atoms with E-state index in [9.17, 15) is 14.9 Å². The summed E-state index contributed by atoms with van der Waals surface area (Å²) in [7, 11) is 2.66. The molecule has 8 heteroatoms. The second-order valence-electron chi connectivity index (χ2n) is 6.15. The molecule has 0 aromatic heterocycles. The Labute approximate surface area is 157 Å². The normalized spacial score (nSPS) is 14.9. The van der Waals surface area contributed by atoms with Crippen LogP contribution in [0.2, 0.25) is 0 Å². The van der Waals surface area contributed by atoms with Crippen LogP contribution in [0.4, 0.5) is 5.69 Å². The van der Waals surface area contributed by atoms with Crippen LogP contribution in [0.25, 0.3) is 0 Å². The molecule has 27 heavy (non-hydrogen) atoms. The second kappa shape index (κ2) is 8.98. The Balaban J connectivity index is 2.28. The lowest BCUT2D eigenvalue weighted by Gasteiger charge is -2.23. The van der Waals surface area contributed by atoms with Crippen LogP contribution in [0.1, 0.15) is 26.7 Å². The second-order valence-corrected chi connectivity index (χ2v) is 6.15. The van der Waals surface area contributed by atoms with Crippen molar-refractivity contribution in [2.24, 2.45) is 5.16 Å². The van der Waals surface area contributed by atoms with Crippen molar-refractivity contribution in [3.05, 3.63) is 56.7 Å². The van der Waals surface area contributed by atoms with Crippen molar-refractivity contribution >= 4 is 17.4 Å². The highest BCUT2D eigenvalue weighted by Crippen LogP contribution is 2.31. The van der Waals surface area contributed by atoms with E-state index in [4.69, 9.17) is 14.3 Å². The van der Waals surface area contributed by atoms with Gasteiger partial charge in [-0.1, -0.05) is 16.3 Å². The first-order valence-corrected chi connectivity index (χ1v) is 8.30. The molecular weight excluding hydrogens is 352 g/mol. The molecule has 1 aliphatic rings. The number of non-ortho nitro benzene ring substituents is 1. The number of carbonyl (C=O) groups excluding carboxylic acids is 1. The molecule has 0 saturated heterocycles. The maximum atomic E-state index is 12.1. The number of hydrogen-bond donors (Lipinski definition) is 0. The predicted molar refractivity (Wildman–Crippen MR) is 99.7 cm³/mol. The first-order valence-electron chi connectivity index (χ1n) is 8.30. The van der Waals surface area contributed by atoms with Gasteiger partial charge in [-0.25, -0.2) is 4.79 Å². The summed E-state index contributed by atoms with van der Waals surface area (Å²) in [6.07, 6.45) is 1.18. The highest BCUT2D eigenvalue weighted by Gasteiger charge is 2.26. The van der Waals surface area contributed by atoms with E-state index in [2.05, 4.69) is 5.16 Å². The number of benzene rings is 1. The quantitative estimate of drug-likeness (QED) is 0.238. The average Bonchev–Trinajstić information content (AvgIpc) is 2.66. The minimum atomic E-state index is -0.577. The highest BCUT2D eigenvalue weighted by molar-refractivity contribution is 6.43. The molecule has 144 valence electrons. The van der Waals surface area contributed by atoms with Crippen LogP contribution in [-0.2, 0) is 14.4 Å². The lowest BCUT2D eigenvalue weighted by Crippen LogP contribution is -2.24.